The molecule has 0 fully saturated rings. The second-order valence-corrected chi connectivity index (χ2v) is 11.3. The summed E-state index contributed by atoms with van der Waals surface area (Å²) >= 11 is 0. The van der Waals surface area contributed by atoms with Crippen LogP contribution in [0.2, 0.25) is 0 Å². The molecule has 40 heavy (non-hydrogen) atoms. The van der Waals surface area contributed by atoms with E-state index in [1.54, 1.807) is 0 Å². The molecular formula is C32H68Br5NPdPt. The molecule has 8 heteroatoms. The third kappa shape index (κ3) is 43.8. The molecule has 0 saturated heterocycles. The smallest absolute Gasteiger partial charge is 1.00 e. The van der Waals surface area contributed by atoms with Crippen LogP contribution in [0.1, 0.15) is 182 Å². The summed E-state index contributed by atoms with van der Waals surface area (Å²) < 4.78 is 1.48. The average Bonchev–Trinajstić information content (AvgIpc) is 2.83. The fraction of sp³-hybridized carbons (Fsp3) is 1.00. The molecule has 0 atom stereocenters. The van der Waals surface area contributed by atoms with Gasteiger partial charge in [0.25, 0.3) is 0 Å². The van der Waals surface area contributed by atoms with Crippen molar-refractivity contribution in [1.82, 2.24) is 0 Å². The van der Waals surface area contributed by atoms with Crippen LogP contribution in [0, 0.1) is 0 Å². The molecule has 0 bridgehead atoms. The first kappa shape index (κ1) is 62.5. The molecule has 0 unspecified atom stereocenters. The van der Waals surface area contributed by atoms with Crippen molar-refractivity contribution in [3.8, 4) is 0 Å². The fourth-order valence-electron chi connectivity index (χ4n) is 5.58. The van der Waals surface area contributed by atoms with Crippen LogP contribution in [-0.4, -0.2) is 30.7 Å². The predicted octanol–water partition coefficient (Wildman–Crippen LogP) is -3.74. The maximum absolute atomic E-state index is 2.34. The van der Waals surface area contributed by atoms with Gasteiger partial charge in [0.1, 0.15) is 0 Å². The Labute approximate surface area is 335 Å². The van der Waals surface area contributed by atoms with Gasteiger partial charge in [-0.3, -0.25) is 0 Å². The SMILES string of the molecule is CCCCCCCC[N+](CCCCCCCC)(CCCCCCCC)CCCCCCCC.[Br-].[Br-].[Br-].[Br-].[Br-].[Pd].[Pt+4]. The van der Waals surface area contributed by atoms with Crippen LogP contribution in [0.4, 0.5) is 0 Å². The van der Waals surface area contributed by atoms with E-state index >= 15 is 0 Å². The Morgan fingerprint density at radius 1 is 0.275 bits per heavy atom. The van der Waals surface area contributed by atoms with Gasteiger partial charge in [-0.1, -0.05) is 130 Å². The average molecular weight is 1170 g/mol. The van der Waals surface area contributed by atoms with E-state index in [-0.39, 0.29) is 126 Å². The number of nitrogens with zero attached hydrogens (tertiary/aromatic N) is 1. The van der Waals surface area contributed by atoms with Gasteiger partial charge < -0.3 is 89.4 Å². The number of halogens is 5. The first-order valence-corrected chi connectivity index (χ1v) is 16.1. The minimum absolute atomic E-state index is 0. The second kappa shape index (κ2) is 52.3. The first-order chi connectivity index (χ1) is 16.2. The molecular weight excluding hydrogens is 1100 g/mol. The van der Waals surface area contributed by atoms with Crippen molar-refractivity contribution >= 4 is 0 Å². The maximum atomic E-state index is 2.34. The summed E-state index contributed by atoms with van der Waals surface area (Å²) in [4.78, 5) is 0. The third-order valence-electron chi connectivity index (χ3n) is 7.94. The van der Waals surface area contributed by atoms with Crippen molar-refractivity contribution in [2.24, 2.45) is 0 Å². The van der Waals surface area contributed by atoms with Gasteiger partial charge in [0, 0.05) is 20.4 Å². The topological polar surface area (TPSA) is 0 Å². The zero-order valence-corrected chi connectivity index (χ0v) is 38.5. The van der Waals surface area contributed by atoms with Crippen molar-refractivity contribution in [2.45, 2.75) is 182 Å². The van der Waals surface area contributed by atoms with Gasteiger partial charge in [-0.05, 0) is 51.4 Å². The number of unbranched alkanes of at least 4 members (excludes halogenated alkanes) is 20. The molecule has 0 saturated carbocycles. The molecule has 0 N–H and O–H groups in total. The van der Waals surface area contributed by atoms with E-state index in [9.17, 15) is 0 Å². The van der Waals surface area contributed by atoms with Crippen molar-refractivity contribution in [1.29, 1.82) is 0 Å². The summed E-state index contributed by atoms with van der Waals surface area (Å²) in [5.74, 6) is 0. The Kier molecular flexibility index (Phi) is 81.7. The van der Waals surface area contributed by atoms with E-state index in [1.165, 1.54) is 185 Å². The van der Waals surface area contributed by atoms with Gasteiger partial charge in [0.2, 0.25) is 0 Å². The summed E-state index contributed by atoms with van der Waals surface area (Å²) in [7, 11) is 0. The monoisotopic (exact) mass is 1160 g/mol. The molecule has 0 aliphatic heterocycles. The molecule has 0 aromatic carbocycles. The minimum atomic E-state index is 0. The van der Waals surface area contributed by atoms with Crippen LogP contribution < -0.4 is 84.9 Å². The summed E-state index contributed by atoms with van der Waals surface area (Å²) in [6.45, 7) is 15.3. The van der Waals surface area contributed by atoms with Gasteiger partial charge in [-0.25, -0.2) is 0 Å². The normalized spacial score (nSPS) is 9.90. The van der Waals surface area contributed by atoms with Crippen LogP contribution in [0.25, 0.3) is 0 Å². The van der Waals surface area contributed by atoms with Crippen LogP contribution in [-0.2, 0) is 41.5 Å². The van der Waals surface area contributed by atoms with E-state index in [1.807, 2.05) is 0 Å². The van der Waals surface area contributed by atoms with Crippen LogP contribution >= 0.6 is 0 Å². The standard InChI is InChI=1S/C32H68N.5BrH.Pd.Pt/c1-5-9-13-17-21-25-29-33(30-26-22-18-14-10-6-2,31-27-23-19-15-11-7-3)32-28-24-20-16-12-8-4;;;;;;;/h5-32H2,1-4H3;5*1H;;/q+1;;;;;;;+4/p-5. The van der Waals surface area contributed by atoms with Gasteiger partial charge >= 0.3 is 21.1 Å². The van der Waals surface area contributed by atoms with E-state index in [4.69, 9.17) is 0 Å². The molecule has 0 aromatic heterocycles. The van der Waals surface area contributed by atoms with Gasteiger partial charge in [-0.2, -0.15) is 0 Å². The molecule has 0 rings (SSSR count). The summed E-state index contributed by atoms with van der Waals surface area (Å²) in [6, 6.07) is 0. The number of quaternary nitrogens is 1. The number of rotatable bonds is 28. The Balaban J connectivity index is -0.000000244. The predicted molar refractivity (Wildman–Crippen MR) is 153 cm³/mol. The van der Waals surface area contributed by atoms with E-state index in [2.05, 4.69) is 27.7 Å². The van der Waals surface area contributed by atoms with Crippen molar-refractivity contribution in [3.63, 3.8) is 0 Å². The van der Waals surface area contributed by atoms with Gasteiger partial charge in [0.05, 0.1) is 26.2 Å². The Morgan fingerprint density at radius 3 is 0.600 bits per heavy atom. The first-order valence-electron chi connectivity index (χ1n) is 16.1. The molecule has 0 heterocycles. The number of hydrogen-bond donors (Lipinski definition) is 0. The van der Waals surface area contributed by atoms with E-state index < -0.39 is 0 Å². The Bertz CT molecular complexity index is 316. The minimum Gasteiger partial charge on any atom is -1.00 e. The van der Waals surface area contributed by atoms with Gasteiger partial charge in [-0.15, -0.1) is 0 Å². The van der Waals surface area contributed by atoms with Crippen molar-refractivity contribution in [3.05, 3.63) is 0 Å². The summed E-state index contributed by atoms with van der Waals surface area (Å²) in [5.41, 5.74) is 0. The third-order valence-corrected chi connectivity index (χ3v) is 7.94. The molecule has 1 nitrogen and oxygen atoms in total. The quantitative estimate of drug-likeness (QED) is 0.0431. The molecule has 0 aliphatic carbocycles. The summed E-state index contributed by atoms with van der Waals surface area (Å²) in [5, 5.41) is 0. The maximum Gasteiger partial charge on any atom is 4.00 e. The molecule has 0 amide bonds. The number of hydrogen-bond acceptors (Lipinski definition) is 0. The van der Waals surface area contributed by atoms with Crippen LogP contribution in [0.5, 0.6) is 0 Å². The Morgan fingerprint density at radius 2 is 0.425 bits per heavy atom. The van der Waals surface area contributed by atoms with Crippen molar-refractivity contribution in [2.75, 3.05) is 26.2 Å². The second-order valence-electron chi connectivity index (χ2n) is 11.3. The summed E-state index contributed by atoms with van der Waals surface area (Å²) in [6.07, 6.45) is 34.8. The molecule has 0 aliphatic rings. The largest absolute Gasteiger partial charge is 4.00 e. The van der Waals surface area contributed by atoms with Crippen LogP contribution in [0.15, 0.2) is 0 Å². The van der Waals surface area contributed by atoms with Crippen LogP contribution in [0.3, 0.4) is 0 Å². The molecule has 0 radical (unpaired) electrons. The molecule has 0 spiro atoms. The zero-order valence-electron chi connectivity index (χ0n) is 26.8. The van der Waals surface area contributed by atoms with Crippen molar-refractivity contribution < 1.29 is 131 Å². The molecule has 256 valence electrons. The van der Waals surface area contributed by atoms with E-state index in [0.29, 0.717) is 0 Å². The van der Waals surface area contributed by atoms with E-state index in [0.717, 1.165) is 0 Å². The van der Waals surface area contributed by atoms with Gasteiger partial charge in [0.15, 0.2) is 0 Å². The fourth-order valence-corrected chi connectivity index (χ4v) is 5.58. The Hall–Kier alpha value is 3.71. The zero-order chi connectivity index (χ0) is 24.3. The molecule has 0 aromatic rings.